The maximum Gasteiger partial charge on any atom is 0.126 e. The van der Waals surface area contributed by atoms with Crippen molar-refractivity contribution in [2.45, 2.75) is 26.7 Å². The lowest BCUT2D eigenvalue weighted by atomic mass is 9.83. The van der Waals surface area contributed by atoms with Gasteiger partial charge in [-0.1, -0.05) is 13.8 Å². The Bertz CT molecular complexity index is 314. The van der Waals surface area contributed by atoms with Crippen LogP contribution in [-0.4, -0.2) is 6.54 Å². The fraction of sp³-hybridized carbons (Fsp3) is 0.500. The zero-order chi connectivity index (χ0) is 11.5. The molecular weight excluding hydrogens is 196 g/mol. The standard InChI is InChI=1S/C12H17F2N/c1-12(2,3-4-15)8-9-5-10(13)7-11(14)6-9/h5-7H,3-4,8,15H2,1-2H3. The van der Waals surface area contributed by atoms with E-state index in [4.69, 9.17) is 5.73 Å². The number of rotatable bonds is 4. The zero-order valence-corrected chi connectivity index (χ0v) is 9.19. The van der Waals surface area contributed by atoms with Gasteiger partial charge in [-0.15, -0.1) is 0 Å². The lowest BCUT2D eigenvalue weighted by Crippen LogP contribution is -2.19. The summed E-state index contributed by atoms with van der Waals surface area (Å²) in [5.41, 5.74) is 6.15. The fourth-order valence-corrected chi connectivity index (χ4v) is 1.74. The average molecular weight is 213 g/mol. The van der Waals surface area contributed by atoms with Gasteiger partial charge in [0.05, 0.1) is 0 Å². The molecular formula is C12H17F2N. The van der Waals surface area contributed by atoms with Gasteiger partial charge in [-0.05, 0) is 42.5 Å². The second-order valence-corrected chi connectivity index (χ2v) is 4.66. The van der Waals surface area contributed by atoms with Gasteiger partial charge in [0.15, 0.2) is 0 Å². The molecule has 0 spiro atoms. The zero-order valence-electron chi connectivity index (χ0n) is 9.19. The lowest BCUT2D eigenvalue weighted by Gasteiger charge is -2.23. The van der Waals surface area contributed by atoms with E-state index in [1.807, 2.05) is 13.8 Å². The molecule has 0 radical (unpaired) electrons. The summed E-state index contributed by atoms with van der Waals surface area (Å²) in [6.45, 7) is 4.68. The van der Waals surface area contributed by atoms with Crippen molar-refractivity contribution in [3.63, 3.8) is 0 Å². The molecule has 1 aromatic rings. The molecule has 15 heavy (non-hydrogen) atoms. The van der Waals surface area contributed by atoms with Crippen LogP contribution in [0.1, 0.15) is 25.8 Å². The number of halogens is 2. The van der Waals surface area contributed by atoms with Crippen LogP contribution in [0.3, 0.4) is 0 Å². The van der Waals surface area contributed by atoms with Crippen molar-refractivity contribution in [2.75, 3.05) is 6.54 Å². The van der Waals surface area contributed by atoms with Crippen molar-refractivity contribution in [1.29, 1.82) is 0 Å². The first-order chi connectivity index (χ1) is 6.93. The Labute approximate surface area is 89.3 Å². The molecule has 1 aromatic carbocycles. The van der Waals surface area contributed by atoms with Crippen molar-refractivity contribution >= 4 is 0 Å². The van der Waals surface area contributed by atoms with Crippen LogP contribution in [0, 0.1) is 17.0 Å². The minimum Gasteiger partial charge on any atom is -0.330 e. The monoisotopic (exact) mass is 213 g/mol. The van der Waals surface area contributed by atoms with Gasteiger partial charge in [0.1, 0.15) is 11.6 Å². The Hall–Kier alpha value is -0.960. The molecule has 0 saturated heterocycles. The lowest BCUT2D eigenvalue weighted by molar-refractivity contribution is 0.337. The van der Waals surface area contributed by atoms with Crippen LogP contribution in [0.2, 0.25) is 0 Å². The van der Waals surface area contributed by atoms with E-state index in [0.29, 0.717) is 18.5 Å². The first-order valence-corrected chi connectivity index (χ1v) is 5.08. The Morgan fingerprint density at radius 3 is 2.13 bits per heavy atom. The van der Waals surface area contributed by atoms with Crippen molar-refractivity contribution in [3.05, 3.63) is 35.4 Å². The van der Waals surface area contributed by atoms with E-state index in [1.165, 1.54) is 12.1 Å². The highest BCUT2D eigenvalue weighted by molar-refractivity contribution is 5.19. The van der Waals surface area contributed by atoms with E-state index in [-0.39, 0.29) is 5.41 Å². The molecule has 0 heterocycles. The topological polar surface area (TPSA) is 26.0 Å². The molecule has 1 nitrogen and oxygen atoms in total. The highest BCUT2D eigenvalue weighted by atomic mass is 19.1. The minimum atomic E-state index is -0.520. The molecule has 84 valence electrons. The summed E-state index contributed by atoms with van der Waals surface area (Å²) in [6.07, 6.45) is 1.48. The molecule has 0 aliphatic rings. The smallest absolute Gasteiger partial charge is 0.126 e. The third kappa shape index (κ3) is 3.96. The van der Waals surface area contributed by atoms with Gasteiger partial charge in [0, 0.05) is 6.07 Å². The Morgan fingerprint density at radius 2 is 1.67 bits per heavy atom. The van der Waals surface area contributed by atoms with Crippen molar-refractivity contribution in [1.82, 2.24) is 0 Å². The molecule has 1 rings (SSSR count). The van der Waals surface area contributed by atoms with Crippen LogP contribution in [0.25, 0.3) is 0 Å². The van der Waals surface area contributed by atoms with Gasteiger partial charge in [0.25, 0.3) is 0 Å². The van der Waals surface area contributed by atoms with Gasteiger partial charge in [-0.25, -0.2) is 8.78 Å². The molecule has 0 amide bonds. The first kappa shape index (κ1) is 12.1. The normalized spacial score (nSPS) is 11.8. The highest BCUT2D eigenvalue weighted by Gasteiger charge is 2.18. The average Bonchev–Trinajstić information content (AvgIpc) is 1.99. The fourth-order valence-electron chi connectivity index (χ4n) is 1.74. The summed E-state index contributed by atoms with van der Waals surface area (Å²) in [5, 5.41) is 0. The second-order valence-electron chi connectivity index (χ2n) is 4.66. The molecule has 0 bridgehead atoms. The van der Waals surface area contributed by atoms with Crippen LogP contribution < -0.4 is 5.73 Å². The molecule has 0 unspecified atom stereocenters. The van der Waals surface area contributed by atoms with Crippen LogP contribution in [0.4, 0.5) is 8.78 Å². The third-order valence-corrected chi connectivity index (χ3v) is 2.43. The summed E-state index contributed by atoms with van der Waals surface area (Å²) in [5.74, 6) is -1.04. The van der Waals surface area contributed by atoms with Crippen LogP contribution in [0.15, 0.2) is 18.2 Å². The van der Waals surface area contributed by atoms with E-state index in [2.05, 4.69) is 0 Å². The summed E-state index contributed by atoms with van der Waals surface area (Å²) in [6, 6.07) is 3.64. The Balaban J connectivity index is 2.80. The van der Waals surface area contributed by atoms with Gasteiger partial charge in [-0.3, -0.25) is 0 Å². The van der Waals surface area contributed by atoms with E-state index in [1.54, 1.807) is 0 Å². The van der Waals surface area contributed by atoms with Gasteiger partial charge >= 0.3 is 0 Å². The number of hydrogen-bond acceptors (Lipinski definition) is 1. The maximum absolute atomic E-state index is 12.9. The molecule has 0 aliphatic heterocycles. The molecule has 0 saturated carbocycles. The van der Waals surface area contributed by atoms with E-state index in [9.17, 15) is 8.78 Å². The number of hydrogen-bond donors (Lipinski definition) is 1. The Morgan fingerprint density at radius 1 is 1.13 bits per heavy atom. The highest BCUT2D eigenvalue weighted by Crippen LogP contribution is 2.25. The maximum atomic E-state index is 12.9. The van der Waals surface area contributed by atoms with Gasteiger partial charge < -0.3 is 5.73 Å². The Kier molecular flexibility index (Phi) is 3.80. The van der Waals surface area contributed by atoms with Crippen LogP contribution >= 0.6 is 0 Å². The quantitative estimate of drug-likeness (QED) is 0.817. The predicted molar refractivity (Wildman–Crippen MR) is 57.5 cm³/mol. The first-order valence-electron chi connectivity index (χ1n) is 5.08. The van der Waals surface area contributed by atoms with E-state index < -0.39 is 11.6 Å². The van der Waals surface area contributed by atoms with E-state index in [0.717, 1.165) is 12.5 Å². The number of nitrogens with two attached hydrogens (primary N) is 1. The predicted octanol–water partition coefficient (Wildman–Crippen LogP) is 2.88. The number of benzene rings is 1. The summed E-state index contributed by atoms with van der Waals surface area (Å²) < 4.78 is 25.8. The minimum absolute atomic E-state index is 0.0189. The summed E-state index contributed by atoms with van der Waals surface area (Å²) in [7, 11) is 0. The van der Waals surface area contributed by atoms with Crippen molar-refractivity contribution in [3.8, 4) is 0 Å². The second kappa shape index (κ2) is 4.71. The van der Waals surface area contributed by atoms with Gasteiger partial charge in [-0.2, -0.15) is 0 Å². The molecule has 0 fully saturated rings. The third-order valence-electron chi connectivity index (χ3n) is 2.43. The summed E-state index contributed by atoms with van der Waals surface area (Å²) >= 11 is 0. The van der Waals surface area contributed by atoms with Gasteiger partial charge in [0.2, 0.25) is 0 Å². The molecule has 2 N–H and O–H groups in total. The molecule has 0 aliphatic carbocycles. The molecule has 3 heteroatoms. The van der Waals surface area contributed by atoms with Crippen molar-refractivity contribution in [2.24, 2.45) is 11.1 Å². The largest absolute Gasteiger partial charge is 0.330 e. The molecule has 0 aromatic heterocycles. The van der Waals surface area contributed by atoms with Crippen molar-refractivity contribution < 1.29 is 8.78 Å². The molecule has 0 atom stereocenters. The van der Waals surface area contributed by atoms with Crippen LogP contribution in [0.5, 0.6) is 0 Å². The van der Waals surface area contributed by atoms with Crippen LogP contribution in [-0.2, 0) is 6.42 Å². The van der Waals surface area contributed by atoms with E-state index >= 15 is 0 Å². The SMILES string of the molecule is CC(C)(CCN)Cc1cc(F)cc(F)c1. The summed E-state index contributed by atoms with van der Waals surface area (Å²) in [4.78, 5) is 0.